The van der Waals surface area contributed by atoms with Crippen molar-refractivity contribution >= 4 is 22.6 Å². The molecule has 0 bridgehead atoms. The quantitative estimate of drug-likeness (QED) is 0.656. The molecule has 0 saturated heterocycles. The van der Waals surface area contributed by atoms with Gasteiger partial charge in [-0.1, -0.05) is 25.5 Å². The largest absolute Gasteiger partial charge is 0.481 e. The third kappa shape index (κ3) is 4.21. The van der Waals surface area contributed by atoms with Crippen molar-refractivity contribution in [2.24, 2.45) is 0 Å². The number of ether oxygens (including phenoxy) is 1. The highest BCUT2D eigenvalue weighted by molar-refractivity contribution is 5.95. The first-order valence-electron chi connectivity index (χ1n) is 9.05. The van der Waals surface area contributed by atoms with Crippen molar-refractivity contribution in [2.75, 3.05) is 5.32 Å². The summed E-state index contributed by atoms with van der Waals surface area (Å²) in [5, 5.41) is 12.7. The van der Waals surface area contributed by atoms with E-state index in [1.165, 1.54) is 6.07 Å². The fourth-order valence-corrected chi connectivity index (χ4v) is 2.94. The van der Waals surface area contributed by atoms with E-state index in [-0.39, 0.29) is 5.91 Å². The third-order valence-electron chi connectivity index (χ3n) is 4.31. The molecule has 0 aliphatic rings. The van der Waals surface area contributed by atoms with Crippen molar-refractivity contribution < 1.29 is 13.9 Å². The molecule has 6 heteroatoms. The van der Waals surface area contributed by atoms with Gasteiger partial charge < -0.3 is 14.5 Å². The summed E-state index contributed by atoms with van der Waals surface area (Å²) in [6.45, 7) is 3.65. The molecule has 0 aliphatic carbocycles. The van der Waals surface area contributed by atoms with Crippen LogP contribution < -0.4 is 15.7 Å². The molecular weight excluding hydrogens is 356 g/mol. The van der Waals surface area contributed by atoms with E-state index in [0.29, 0.717) is 22.6 Å². The van der Waals surface area contributed by atoms with Crippen molar-refractivity contribution in [1.29, 1.82) is 5.26 Å². The zero-order valence-corrected chi connectivity index (χ0v) is 15.7. The Morgan fingerprint density at radius 3 is 2.79 bits per heavy atom. The number of carbonyl (C=O) groups excluding carboxylic acids is 1. The first-order valence-corrected chi connectivity index (χ1v) is 9.05. The number of hydrogen-bond donors (Lipinski definition) is 1. The van der Waals surface area contributed by atoms with Gasteiger partial charge in [-0.05, 0) is 43.2 Å². The van der Waals surface area contributed by atoms with Crippen LogP contribution in [0, 0.1) is 11.3 Å². The molecule has 6 nitrogen and oxygen atoms in total. The molecular formula is C22H20N2O4. The van der Waals surface area contributed by atoms with Crippen LogP contribution in [0.2, 0.25) is 0 Å². The average molecular weight is 376 g/mol. The molecule has 142 valence electrons. The van der Waals surface area contributed by atoms with Gasteiger partial charge in [0.05, 0.1) is 11.3 Å². The molecule has 0 radical (unpaired) electrons. The summed E-state index contributed by atoms with van der Waals surface area (Å²) in [6, 6.07) is 15.5. The van der Waals surface area contributed by atoms with Gasteiger partial charge in [-0.15, -0.1) is 0 Å². The summed E-state index contributed by atoms with van der Waals surface area (Å²) in [4.78, 5) is 24.2. The number of aryl methyl sites for hydroxylation is 1. The second-order valence-electron chi connectivity index (χ2n) is 6.41. The maximum absolute atomic E-state index is 12.4. The van der Waals surface area contributed by atoms with Crippen molar-refractivity contribution in [2.45, 2.75) is 32.8 Å². The number of anilines is 1. The van der Waals surface area contributed by atoms with Gasteiger partial charge >= 0.3 is 5.63 Å². The number of para-hydroxylation sites is 1. The summed E-state index contributed by atoms with van der Waals surface area (Å²) in [6.07, 6.45) is 0.882. The minimum absolute atomic E-state index is 0.374. The number of amides is 1. The van der Waals surface area contributed by atoms with E-state index in [0.717, 1.165) is 23.8 Å². The van der Waals surface area contributed by atoms with E-state index < -0.39 is 11.7 Å². The number of benzene rings is 2. The topological polar surface area (TPSA) is 92.3 Å². The van der Waals surface area contributed by atoms with Crippen LogP contribution in [0.5, 0.6) is 5.75 Å². The van der Waals surface area contributed by atoms with Crippen molar-refractivity contribution in [3.8, 4) is 11.8 Å². The van der Waals surface area contributed by atoms with Crippen LogP contribution in [0.4, 0.5) is 5.69 Å². The van der Waals surface area contributed by atoms with Crippen LogP contribution in [0.1, 0.15) is 31.4 Å². The van der Waals surface area contributed by atoms with E-state index in [2.05, 4.69) is 5.32 Å². The predicted molar refractivity (Wildman–Crippen MR) is 106 cm³/mol. The van der Waals surface area contributed by atoms with E-state index in [1.807, 2.05) is 19.1 Å². The monoisotopic (exact) mass is 376 g/mol. The van der Waals surface area contributed by atoms with Gasteiger partial charge in [-0.2, -0.15) is 5.26 Å². The molecule has 0 aliphatic heterocycles. The molecule has 0 unspecified atom stereocenters. The van der Waals surface area contributed by atoms with Crippen LogP contribution in [0.25, 0.3) is 11.0 Å². The average Bonchev–Trinajstić information content (AvgIpc) is 2.68. The number of rotatable bonds is 6. The predicted octanol–water partition coefficient (Wildman–Crippen LogP) is 4.02. The second-order valence-corrected chi connectivity index (χ2v) is 6.41. The maximum atomic E-state index is 12.4. The first-order chi connectivity index (χ1) is 13.5. The molecule has 2 aromatic carbocycles. The van der Waals surface area contributed by atoms with Crippen LogP contribution in [0.15, 0.2) is 57.7 Å². The highest BCUT2D eigenvalue weighted by atomic mass is 16.5. The Morgan fingerprint density at radius 2 is 2.04 bits per heavy atom. The molecule has 28 heavy (non-hydrogen) atoms. The first kappa shape index (κ1) is 19.2. The molecule has 3 aromatic rings. The van der Waals surface area contributed by atoms with Gasteiger partial charge in [0, 0.05) is 17.5 Å². The van der Waals surface area contributed by atoms with Gasteiger partial charge in [-0.3, -0.25) is 4.79 Å². The van der Waals surface area contributed by atoms with Crippen LogP contribution in [-0.2, 0) is 11.2 Å². The number of nitrogens with zero attached hydrogens (tertiary/aromatic N) is 1. The number of fused-ring (bicyclic) bond motifs is 1. The van der Waals surface area contributed by atoms with Crippen LogP contribution in [-0.4, -0.2) is 12.0 Å². The molecule has 1 heterocycles. The Labute approximate surface area is 162 Å². The summed E-state index contributed by atoms with van der Waals surface area (Å²) in [5.74, 6) is 0.0319. The van der Waals surface area contributed by atoms with Crippen molar-refractivity contribution in [3.05, 3.63) is 70.1 Å². The van der Waals surface area contributed by atoms with Gasteiger partial charge in [-0.25, -0.2) is 4.79 Å². The molecule has 1 amide bonds. The fourth-order valence-electron chi connectivity index (χ4n) is 2.94. The van der Waals surface area contributed by atoms with E-state index in [4.69, 9.17) is 14.4 Å². The van der Waals surface area contributed by atoms with E-state index >= 15 is 0 Å². The Hall–Kier alpha value is -3.59. The van der Waals surface area contributed by atoms with Crippen molar-refractivity contribution in [3.63, 3.8) is 0 Å². The lowest BCUT2D eigenvalue weighted by molar-refractivity contribution is -0.122. The Morgan fingerprint density at radius 1 is 1.25 bits per heavy atom. The summed E-state index contributed by atoms with van der Waals surface area (Å²) in [7, 11) is 0. The number of hydrogen-bond acceptors (Lipinski definition) is 5. The zero-order valence-electron chi connectivity index (χ0n) is 15.7. The standard InChI is InChI=1S/C22H20N2O4/c1-3-6-15-11-21(25)28-20-12-17(9-10-18(15)20)27-14(2)22(26)24-19-8-5-4-7-16(19)13-23/h4-5,7-12,14H,3,6H2,1-2H3,(H,24,26)/t14-/m0/s1. The number of nitrogens with one attached hydrogen (secondary N) is 1. The lowest BCUT2D eigenvalue weighted by atomic mass is 10.1. The molecule has 0 spiro atoms. The highest BCUT2D eigenvalue weighted by Gasteiger charge is 2.17. The minimum atomic E-state index is -0.810. The SMILES string of the molecule is CCCc1cc(=O)oc2cc(O[C@@H](C)C(=O)Nc3ccccc3C#N)ccc12. The molecule has 3 rings (SSSR count). The number of carbonyl (C=O) groups is 1. The second kappa shape index (κ2) is 8.40. The molecule has 0 saturated carbocycles. The van der Waals surface area contributed by atoms with E-state index in [1.54, 1.807) is 43.3 Å². The Balaban J connectivity index is 1.79. The third-order valence-corrected chi connectivity index (χ3v) is 4.31. The highest BCUT2D eigenvalue weighted by Crippen LogP contribution is 2.24. The smallest absolute Gasteiger partial charge is 0.336 e. The normalized spacial score (nSPS) is 11.6. The Kier molecular flexibility index (Phi) is 5.75. The van der Waals surface area contributed by atoms with Crippen molar-refractivity contribution in [1.82, 2.24) is 0 Å². The molecule has 1 aromatic heterocycles. The molecule has 1 N–H and O–H groups in total. The summed E-state index contributed by atoms with van der Waals surface area (Å²) in [5.41, 5.74) is 1.75. The maximum Gasteiger partial charge on any atom is 0.336 e. The van der Waals surface area contributed by atoms with E-state index in [9.17, 15) is 9.59 Å². The van der Waals surface area contributed by atoms with Crippen LogP contribution >= 0.6 is 0 Å². The lowest BCUT2D eigenvalue weighted by Gasteiger charge is -2.15. The van der Waals surface area contributed by atoms with Gasteiger partial charge in [0.15, 0.2) is 6.10 Å². The van der Waals surface area contributed by atoms with Gasteiger partial charge in [0.1, 0.15) is 17.4 Å². The number of nitriles is 1. The van der Waals surface area contributed by atoms with Gasteiger partial charge in [0.2, 0.25) is 0 Å². The Bertz CT molecular complexity index is 1110. The van der Waals surface area contributed by atoms with Gasteiger partial charge in [0.25, 0.3) is 5.91 Å². The molecule has 1 atom stereocenters. The summed E-state index contributed by atoms with van der Waals surface area (Å²) < 4.78 is 11.0. The lowest BCUT2D eigenvalue weighted by Crippen LogP contribution is -2.30. The van der Waals surface area contributed by atoms with Crippen LogP contribution in [0.3, 0.4) is 0 Å². The summed E-state index contributed by atoms with van der Waals surface area (Å²) >= 11 is 0. The molecule has 0 fully saturated rings. The fraction of sp³-hybridized carbons (Fsp3) is 0.227. The zero-order chi connectivity index (χ0) is 20.1. The minimum Gasteiger partial charge on any atom is -0.481 e.